The Morgan fingerprint density at radius 1 is 1.04 bits per heavy atom. The number of benzene rings is 1. The van der Waals surface area contributed by atoms with Crippen molar-refractivity contribution in [3.8, 4) is 0 Å². The molecule has 1 atom stereocenters. The molecule has 3 rings (SSSR count). The Hall–Kier alpha value is -2.20. The quantitative estimate of drug-likeness (QED) is 0.849. The summed E-state index contributed by atoms with van der Waals surface area (Å²) in [6.07, 6.45) is 2.68. The SMILES string of the molecule is CCC(C(=O)N1CCN(Cc2ccccn2)CC1)c1ccccc1. The van der Waals surface area contributed by atoms with Crippen molar-refractivity contribution in [2.75, 3.05) is 26.2 Å². The van der Waals surface area contributed by atoms with Gasteiger partial charge < -0.3 is 4.90 Å². The summed E-state index contributed by atoms with van der Waals surface area (Å²) in [4.78, 5) is 21.7. The molecule has 0 aliphatic carbocycles. The Kier molecular flexibility index (Phi) is 5.59. The van der Waals surface area contributed by atoms with E-state index in [4.69, 9.17) is 0 Å². The minimum atomic E-state index is -0.0199. The molecule has 4 heteroatoms. The van der Waals surface area contributed by atoms with Crippen molar-refractivity contribution in [3.05, 3.63) is 66.0 Å². The van der Waals surface area contributed by atoms with Crippen LogP contribution in [0.15, 0.2) is 54.7 Å². The molecule has 2 heterocycles. The Bertz CT molecular complexity index is 636. The van der Waals surface area contributed by atoms with Crippen LogP contribution in [-0.4, -0.2) is 46.9 Å². The molecule has 1 saturated heterocycles. The molecule has 0 N–H and O–H groups in total. The van der Waals surface area contributed by atoms with Crippen molar-refractivity contribution >= 4 is 5.91 Å². The molecule has 0 spiro atoms. The second-order valence-electron chi connectivity index (χ2n) is 6.29. The smallest absolute Gasteiger partial charge is 0.230 e. The van der Waals surface area contributed by atoms with Crippen molar-refractivity contribution < 1.29 is 4.79 Å². The monoisotopic (exact) mass is 323 g/mol. The van der Waals surface area contributed by atoms with Crippen LogP contribution in [0.5, 0.6) is 0 Å². The van der Waals surface area contributed by atoms with Gasteiger partial charge in [0.25, 0.3) is 0 Å². The molecule has 1 amide bonds. The van der Waals surface area contributed by atoms with Gasteiger partial charge in [0.1, 0.15) is 0 Å². The van der Waals surface area contributed by atoms with Gasteiger partial charge in [0.05, 0.1) is 11.6 Å². The van der Waals surface area contributed by atoms with Gasteiger partial charge in [0, 0.05) is 38.9 Å². The number of carbonyl (C=O) groups excluding carboxylic acids is 1. The summed E-state index contributed by atoms with van der Waals surface area (Å²) in [7, 11) is 0. The van der Waals surface area contributed by atoms with E-state index in [1.807, 2.05) is 41.4 Å². The van der Waals surface area contributed by atoms with E-state index in [2.05, 4.69) is 35.0 Å². The van der Waals surface area contributed by atoms with Crippen LogP contribution in [0.4, 0.5) is 0 Å². The first-order chi connectivity index (χ1) is 11.8. The third-order valence-corrected chi connectivity index (χ3v) is 4.70. The fraction of sp³-hybridized carbons (Fsp3) is 0.400. The van der Waals surface area contributed by atoms with Gasteiger partial charge in [-0.1, -0.05) is 43.3 Å². The molecular weight excluding hydrogens is 298 g/mol. The zero-order valence-electron chi connectivity index (χ0n) is 14.3. The highest BCUT2D eigenvalue weighted by molar-refractivity contribution is 5.83. The van der Waals surface area contributed by atoms with Crippen LogP contribution in [0.2, 0.25) is 0 Å². The molecular formula is C20H25N3O. The number of aromatic nitrogens is 1. The molecule has 1 aromatic heterocycles. The molecule has 1 aromatic carbocycles. The number of rotatable bonds is 5. The van der Waals surface area contributed by atoms with Crippen molar-refractivity contribution in [3.63, 3.8) is 0 Å². The lowest BCUT2D eigenvalue weighted by Crippen LogP contribution is -2.49. The van der Waals surface area contributed by atoms with E-state index in [9.17, 15) is 4.79 Å². The standard InChI is InChI=1S/C20H25N3O/c1-2-19(17-8-4-3-5-9-17)20(24)23-14-12-22(13-15-23)16-18-10-6-7-11-21-18/h3-11,19H,2,12-16H2,1H3. The summed E-state index contributed by atoms with van der Waals surface area (Å²) < 4.78 is 0. The molecule has 0 radical (unpaired) electrons. The molecule has 126 valence electrons. The van der Waals surface area contributed by atoms with Crippen molar-refractivity contribution in [1.82, 2.24) is 14.8 Å². The summed E-state index contributed by atoms with van der Waals surface area (Å²) in [6.45, 7) is 6.37. The molecule has 4 nitrogen and oxygen atoms in total. The summed E-state index contributed by atoms with van der Waals surface area (Å²) in [5.41, 5.74) is 2.22. The number of piperazine rings is 1. The predicted octanol–water partition coefficient (Wildman–Crippen LogP) is 2.92. The average molecular weight is 323 g/mol. The molecule has 24 heavy (non-hydrogen) atoms. The first kappa shape index (κ1) is 16.7. The molecule has 1 unspecified atom stereocenters. The van der Waals surface area contributed by atoms with Crippen molar-refractivity contribution in [2.45, 2.75) is 25.8 Å². The number of hydrogen-bond acceptors (Lipinski definition) is 3. The summed E-state index contributed by atoms with van der Waals surface area (Å²) >= 11 is 0. The lowest BCUT2D eigenvalue weighted by Gasteiger charge is -2.36. The van der Waals surface area contributed by atoms with Crippen LogP contribution in [0.3, 0.4) is 0 Å². The third kappa shape index (κ3) is 4.01. The van der Waals surface area contributed by atoms with Crippen molar-refractivity contribution in [2.24, 2.45) is 0 Å². The highest BCUT2D eigenvalue weighted by Crippen LogP contribution is 2.22. The lowest BCUT2D eigenvalue weighted by atomic mass is 9.95. The van der Waals surface area contributed by atoms with Crippen LogP contribution in [0.25, 0.3) is 0 Å². The summed E-state index contributed by atoms with van der Waals surface area (Å²) in [6, 6.07) is 16.2. The number of pyridine rings is 1. The number of carbonyl (C=O) groups is 1. The maximum atomic E-state index is 12.9. The van der Waals surface area contributed by atoms with Gasteiger partial charge in [0.2, 0.25) is 5.91 Å². The van der Waals surface area contributed by atoms with Gasteiger partial charge in [-0.2, -0.15) is 0 Å². The first-order valence-electron chi connectivity index (χ1n) is 8.74. The fourth-order valence-corrected chi connectivity index (χ4v) is 3.31. The van der Waals surface area contributed by atoms with Crippen molar-refractivity contribution in [1.29, 1.82) is 0 Å². The van der Waals surface area contributed by atoms with Gasteiger partial charge in [-0.05, 0) is 24.1 Å². The third-order valence-electron chi connectivity index (χ3n) is 4.70. The second kappa shape index (κ2) is 8.06. The zero-order valence-corrected chi connectivity index (χ0v) is 14.3. The Balaban J connectivity index is 1.56. The minimum Gasteiger partial charge on any atom is -0.340 e. The maximum absolute atomic E-state index is 12.9. The van der Waals surface area contributed by atoms with Gasteiger partial charge >= 0.3 is 0 Å². The molecule has 0 bridgehead atoms. The van der Waals surface area contributed by atoms with E-state index in [-0.39, 0.29) is 11.8 Å². The molecule has 1 fully saturated rings. The Morgan fingerprint density at radius 3 is 2.38 bits per heavy atom. The highest BCUT2D eigenvalue weighted by atomic mass is 16.2. The average Bonchev–Trinajstić information content (AvgIpc) is 2.65. The number of nitrogens with zero attached hydrogens (tertiary/aromatic N) is 3. The molecule has 1 aliphatic rings. The van der Waals surface area contributed by atoms with Crippen LogP contribution >= 0.6 is 0 Å². The van der Waals surface area contributed by atoms with E-state index in [1.54, 1.807) is 0 Å². The highest BCUT2D eigenvalue weighted by Gasteiger charge is 2.27. The van der Waals surface area contributed by atoms with Crippen LogP contribution in [0.1, 0.15) is 30.5 Å². The molecule has 0 saturated carbocycles. The van der Waals surface area contributed by atoms with E-state index in [0.717, 1.165) is 50.4 Å². The van der Waals surface area contributed by atoms with E-state index >= 15 is 0 Å². The molecule has 2 aromatic rings. The van der Waals surface area contributed by atoms with Gasteiger partial charge in [-0.15, -0.1) is 0 Å². The van der Waals surface area contributed by atoms with Gasteiger partial charge in [-0.3, -0.25) is 14.7 Å². The summed E-state index contributed by atoms with van der Waals surface area (Å²) in [5, 5.41) is 0. The Labute approximate surface area is 144 Å². The number of hydrogen-bond donors (Lipinski definition) is 0. The first-order valence-corrected chi connectivity index (χ1v) is 8.74. The molecule has 1 aliphatic heterocycles. The van der Waals surface area contributed by atoms with Crippen LogP contribution in [-0.2, 0) is 11.3 Å². The van der Waals surface area contributed by atoms with Gasteiger partial charge in [0.15, 0.2) is 0 Å². The van der Waals surface area contributed by atoms with Crippen LogP contribution in [0, 0.1) is 0 Å². The second-order valence-corrected chi connectivity index (χ2v) is 6.29. The largest absolute Gasteiger partial charge is 0.340 e. The van der Waals surface area contributed by atoms with Gasteiger partial charge in [-0.25, -0.2) is 0 Å². The zero-order chi connectivity index (χ0) is 16.8. The topological polar surface area (TPSA) is 36.4 Å². The van der Waals surface area contributed by atoms with E-state index < -0.39 is 0 Å². The summed E-state index contributed by atoms with van der Waals surface area (Å²) in [5.74, 6) is 0.245. The fourth-order valence-electron chi connectivity index (χ4n) is 3.31. The van der Waals surface area contributed by atoms with E-state index in [0.29, 0.717) is 0 Å². The normalized spacial score (nSPS) is 16.8. The Morgan fingerprint density at radius 2 is 1.75 bits per heavy atom. The maximum Gasteiger partial charge on any atom is 0.230 e. The predicted molar refractivity (Wildman–Crippen MR) is 95.6 cm³/mol. The number of amides is 1. The lowest BCUT2D eigenvalue weighted by molar-refractivity contribution is -0.134. The minimum absolute atomic E-state index is 0.0199. The van der Waals surface area contributed by atoms with Crippen LogP contribution < -0.4 is 0 Å². The van der Waals surface area contributed by atoms with E-state index in [1.165, 1.54) is 0 Å².